The Morgan fingerprint density at radius 2 is 2.00 bits per heavy atom. The molecule has 0 unspecified atom stereocenters. The molecule has 3 aliphatic rings. The summed E-state index contributed by atoms with van der Waals surface area (Å²) in [6.07, 6.45) is 1.17. The molecule has 1 aromatic carbocycles. The van der Waals surface area contributed by atoms with E-state index in [-0.39, 0.29) is 27.9 Å². The molecule has 0 amide bonds. The number of alkyl halides is 1. The minimum Gasteiger partial charge on any atom is -0.476 e. The quantitative estimate of drug-likeness (QED) is 0.508. The lowest BCUT2D eigenvalue weighted by molar-refractivity contribution is -0.162. The number of carboxylic acids is 1. The number of aromatic nitrogens is 3. The summed E-state index contributed by atoms with van der Waals surface area (Å²) in [6.45, 7) is 3.73. The first-order valence-electron chi connectivity index (χ1n) is 10.00. The Balaban J connectivity index is 1.59. The Bertz CT molecular complexity index is 1300. The van der Waals surface area contributed by atoms with Crippen LogP contribution in [0.15, 0.2) is 29.1 Å². The van der Waals surface area contributed by atoms with Crippen LogP contribution in [-0.2, 0) is 5.41 Å². The Morgan fingerprint density at radius 1 is 1.29 bits per heavy atom. The molecule has 3 N–H and O–H groups in total. The second kappa shape index (κ2) is 6.50. The van der Waals surface area contributed by atoms with Gasteiger partial charge in [-0.05, 0) is 56.9 Å². The minimum absolute atomic E-state index is 0.0821. The molecular formula is C22H20ClFN4O3. The van der Waals surface area contributed by atoms with Gasteiger partial charge in [0.25, 0.3) is 5.56 Å². The van der Waals surface area contributed by atoms with Gasteiger partial charge in [0.15, 0.2) is 5.69 Å². The molecule has 2 aromatic heterocycles. The van der Waals surface area contributed by atoms with Crippen LogP contribution in [0.25, 0.3) is 10.9 Å². The maximum Gasteiger partial charge on any atom is 0.356 e. The average molecular weight is 443 g/mol. The van der Waals surface area contributed by atoms with E-state index < -0.39 is 11.6 Å². The first-order valence-corrected chi connectivity index (χ1v) is 10.4. The summed E-state index contributed by atoms with van der Waals surface area (Å²) in [5.41, 5.74) is 0.528. The number of carbonyl (C=O) groups is 1. The maximum absolute atomic E-state index is 14.1. The van der Waals surface area contributed by atoms with Gasteiger partial charge in [-0.1, -0.05) is 17.7 Å². The fourth-order valence-electron chi connectivity index (χ4n) is 4.94. The van der Waals surface area contributed by atoms with Crippen molar-refractivity contribution in [2.75, 3.05) is 5.32 Å². The van der Waals surface area contributed by atoms with E-state index in [2.05, 4.69) is 15.3 Å². The van der Waals surface area contributed by atoms with E-state index in [9.17, 15) is 19.1 Å². The van der Waals surface area contributed by atoms with E-state index in [0.717, 1.165) is 11.1 Å². The smallest absolute Gasteiger partial charge is 0.356 e. The molecule has 31 heavy (non-hydrogen) atoms. The lowest BCUT2D eigenvalue weighted by Gasteiger charge is -2.64. The van der Waals surface area contributed by atoms with Crippen LogP contribution < -0.4 is 10.9 Å². The van der Waals surface area contributed by atoms with Gasteiger partial charge in [0, 0.05) is 11.0 Å². The standard InChI is InChI=1S/C22H20ClFN4O3/c1-10-5-12(11(2)25-14-3-4-15(23)26-17(14)19(30)31)16-13(6-10)18(29)28-20(27-16)21-7-22(24,8-21)9-21/h3-6,11,25H,7-9H2,1-2H3,(H,30,31)(H,27,28,29)/t11-,21?,22?/m1/s1. The van der Waals surface area contributed by atoms with Crippen LogP contribution in [0.5, 0.6) is 0 Å². The predicted molar refractivity (Wildman–Crippen MR) is 115 cm³/mol. The number of nitrogens with zero attached hydrogens (tertiary/aromatic N) is 2. The first kappa shape index (κ1) is 19.9. The van der Waals surface area contributed by atoms with Gasteiger partial charge in [-0.15, -0.1) is 0 Å². The van der Waals surface area contributed by atoms with Crippen LogP contribution >= 0.6 is 11.6 Å². The minimum atomic E-state index is -1.20. The van der Waals surface area contributed by atoms with Crippen LogP contribution in [0.3, 0.4) is 0 Å². The number of nitrogens with one attached hydrogen (secondary N) is 2. The molecular weight excluding hydrogens is 423 g/mol. The second-order valence-corrected chi connectivity index (χ2v) is 9.21. The van der Waals surface area contributed by atoms with Gasteiger partial charge in [-0.2, -0.15) is 0 Å². The highest BCUT2D eigenvalue weighted by Gasteiger charge is 2.71. The van der Waals surface area contributed by atoms with Crippen molar-refractivity contribution in [1.82, 2.24) is 15.0 Å². The van der Waals surface area contributed by atoms with Crippen LogP contribution in [0.1, 0.15) is 59.7 Å². The number of rotatable bonds is 5. The summed E-state index contributed by atoms with van der Waals surface area (Å²) in [5.74, 6) is -0.673. The van der Waals surface area contributed by atoms with Crippen LogP contribution in [-0.4, -0.2) is 31.7 Å². The number of hydrogen-bond acceptors (Lipinski definition) is 5. The molecule has 160 valence electrons. The number of aromatic carboxylic acids is 1. The lowest BCUT2D eigenvalue weighted by Crippen LogP contribution is -2.67. The SMILES string of the molecule is Cc1cc([C@@H](C)Nc2ccc(Cl)nc2C(=O)O)c2nc(C34CC(F)(C3)C4)[nH]c(=O)c2c1. The number of aromatic amines is 1. The lowest BCUT2D eigenvalue weighted by atomic mass is 9.42. The van der Waals surface area contributed by atoms with Crippen molar-refractivity contribution in [3.63, 3.8) is 0 Å². The molecule has 3 saturated carbocycles. The third kappa shape index (κ3) is 3.08. The van der Waals surface area contributed by atoms with Crippen molar-refractivity contribution >= 4 is 34.2 Å². The molecule has 0 aliphatic heterocycles. The summed E-state index contributed by atoms with van der Waals surface area (Å²) >= 11 is 5.85. The fraction of sp³-hybridized carbons (Fsp3) is 0.364. The summed E-state index contributed by atoms with van der Waals surface area (Å²) in [7, 11) is 0. The van der Waals surface area contributed by atoms with Crippen molar-refractivity contribution in [3.05, 3.63) is 62.4 Å². The van der Waals surface area contributed by atoms with Gasteiger partial charge >= 0.3 is 5.97 Å². The molecule has 7 nitrogen and oxygen atoms in total. The van der Waals surface area contributed by atoms with E-state index >= 15 is 0 Å². The van der Waals surface area contributed by atoms with E-state index in [1.54, 1.807) is 12.1 Å². The number of fused-ring (bicyclic) bond motifs is 1. The highest BCUT2D eigenvalue weighted by Crippen LogP contribution is 2.69. The number of carboxylic acid groups (broad SMARTS) is 1. The number of anilines is 1. The zero-order valence-corrected chi connectivity index (χ0v) is 17.7. The van der Waals surface area contributed by atoms with Gasteiger partial charge in [0.1, 0.15) is 16.6 Å². The fourth-order valence-corrected chi connectivity index (χ4v) is 5.09. The zero-order valence-electron chi connectivity index (χ0n) is 16.9. The largest absolute Gasteiger partial charge is 0.476 e. The normalized spacial score (nSPS) is 24.9. The molecule has 0 radical (unpaired) electrons. The van der Waals surface area contributed by atoms with Crippen LogP contribution in [0.2, 0.25) is 5.15 Å². The number of aryl methyl sites for hydroxylation is 1. The van der Waals surface area contributed by atoms with Crippen LogP contribution in [0.4, 0.5) is 10.1 Å². The molecule has 9 heteroatoms. The highest BCUT2D eigenvalue weighted by molar-refractivity contribution is 6.29. The molecule has 3 aliphatic carbocycles. The van der Waals surface area contributed by atoms with Crippen molar-refractivity contribution in [1.29, 1.82) is 0 Å². The van der Waals surface area contributed by atoms with Crippen molar-refractivity contribution in [2.24, 2.45) is 0 Å². The second-order valence-electron chi connectivity index (χ2n) is 8.83. The van der Waals surface area contributed by atoms with Gasteiger partial charge < -0.3 is 15.4 Å². The Kier molecular flexibility index (Phi) is 4.18. The first-order chi connectivity index (χ1) is 14.6. The van der Waals surface area contributed by atoms with Gasteiger partial charge in [0.2, 0.25) is 0 Å². The molecule has 6 rings (SSSR count). The average Bonchev–Trinajstić information content (AvgIpc) is 2.65. The van der Waals surface area contributed by atoms with Crippen molar-refractivity contribution in [3.8, 4) is 0 Å². The third-order valence-electron chi connectivity index (χ3n) is 6.35. The van der Waals surface area contributed by atoms with Crippen molar-refractivity contribution in [2.45, 2.75) is 50.2 Å². The maximum atomic E-state index is 14.1. The Morgan fingerprint density at radius 3 is 2.65 bits per heavy atom. The third-order valence-corrected chi connectivity index (χ3v) is 6.56. The zero-order chi connectivity index (χ0) is 22.1. The molecule has 0 saturated heterocycles. The molecule has 2 heterocycles. The van der Waals surface area contributed by atoms with E-state index in [1.807, 2.05) is 19.9 Å². The molecule has 3 fully saturated rings. The summed E-state index contributed by atoms with van der Waals surface area (Å²) in [4.78, 5) is 35.9. The number of halogens is 2. The Labute approximate surface area is 181 Å². The summed E-state index contributed by atoms with van der Waals surface area (Å²) < 4.78 is 14.1. The number of hydrogen-bond donors (Lipinski definition) is 3. The molecule has 3 aromatic rings. The van der Waals surface area contributed by atoms with E-state index in [1.165, 1.54) is 6.07 Å². The van der Waals surface area contributed by atoms with Gasteiger partial charge in [0.05, 0.1) is 22.6 Å². The molecule has 0 spiro atoms. The number of pyridine rings is 1. The Hall–Kier alpha value is -3.00. The van der Waals surface area contributed by atoms with E-state index in [0.29, 0.717) is 41.7 Å². The highest BCUT2D eigenvalue weighted by atomic mass is 35.5. The van der Waals surface area contributed by atoms with Crippen LogP contribution in [0, 0.1) is 6.92 Å². The number of H-pyrrole nitrogens is 1. The van der Waals surface area contributed by atoms with Crippen molar-refractivity contribution < 1.29 is 14.3 Å². The van der Waals surface area contributed by atoms with E-state index in [4.69, 9.17) is 16.6 Å². The summed E-state index contributed by atoms with van der Waals surface area (Å²) in [5, 5.41) is 13.2. The topological polar surface area (TPSA) is 108 Å². The van der Waals surface area contributed by atoms with Gasteiger partial charge in [-0.25, -0.2) is 19.2 Å². The number of benzene rings is 1. The molecule has 2 bridgehead atoms. The predicted octanol–water partition coefficient (Wildman–Crippen LogP) is 4.29. The van der Waals surface area contributed by atoms with Gasteiger partial charge in [-0.3, -0.25) is 4.79 Å². The summed E-state index contributed by atoms with van der Waals surface area (Å²) in [6, 6.07) is 6.37. The molecule has 1 atom stereocenters. The monoisotopic (exact) mass is 442 g/mol.